The van der Waals surface area contributed by atoms with Crippen LogP contribution in [0.1, 0.15) is 78.6 Å². The van der Waals surface area contributed by atoms with E-state index in [-0.39, 0.29) is 0 Å². The Labute approximate surface area is 120 Å². The molecule has 2 heteroatoms. The first-order valence-electron chi connectivity index (χ1n) is 8.57. The van der Waals surface area contributed by atoms with Gasteiger partial charge >= 0.3 is 0 Å². The highest BCUT2D eigenvalue weighted by atomic mass is 16.5. The summed E-state index contributed by atoms with van der Waals surface area (Å²) in [5.74, 6) is 1.01. The Bertz CT molecular complexity index is 205. The van der Waals surface area contributed by atoms with E-state index >= 15 is 0 Å². The van der Waals surface area contributed by atoms with E-state index in [1.165, 1.54) is 64.3 Å². The third-order valence-electron chi connectivity index (χ3n) is 4.24. The molecule has 114 valence electrons. The molecule has 0 aromatic heterocycles. The largest absolute Gasteiger partial charge is 0.379 e. The molecule has 1 saturated carbocycles. The van der Waals surface area contributed by atoms with Gasteiger partial charge in [-0.15, -0.1) is 0 Å². The number of hydrogen-bond donors (Lipinski definition) is 1. The molecular formula is C17H35NO. The maximum Gasteiger partial charge on any atom is 0.0518 e. The van der Waals surface area contributed by atoms with E-state index in [9.17, 15) is 0 Å². The van der Waals surface area contributed by atoms with Gasteiger partial charge in [-0.25, -0.2) is 0 Å². The highest BCUT2D eigenvalue weighted by Crippen LogP contribution is 2.26. The zero-order valence-corrected chi connectivity index (χ0v) is 13.4. The predicted molar refractivity (Wildman–Crippen MR) is 83.6 cm³/mol. The minimum atomic E-state index is 0.380. The second-order valence-corrected chi connectivity index (χ2v) is 6.44. The van der Waals surface area contributed by atoms with Crippen molar-refractivity contribution in [1.82, 2.24) is 5.32 Å². The number of unbranched alkanes of at least 4 members (excludes halogenated alkanes) is 1. The molecule has 0 amide bonds. The molecule has 19 heavy (non-hydrogen) atoms. The van der Waals surface area contributed by atoms with Gasteiger partial charge in [-0.3, -0.25) is 0 Å². The second kappa shape index (κ2) is 10.7. The first-order chi connectivity index (χ1) is 9.22. The SMILES string of the molecule is CCCC1CCCC(NCCCCOC(C)C)CC1. The Kier molecular flexibility index (Phi) is 9.54. The molecule has 1 aliphatic rings. The normalized spacial score (nSPS) is 24.6. The zero-order chi connectivity index (χ0) is 13.9. The summed E-state index contributed by atoms with van der Waals surface area (Å²) in [5.41, 5.74) is 0. The Balaban J connectivity index is 2.00. The maximum absolute atomic E-state index is 5.57. The molecule has 1 N–H and O–H groups in total. The van der Waals surface area contributed by atoms with Crippen LogP contribution in [0.25, 0.3) is 0 Å². The lowest BCUT2D eigenvalue weighted by Gasteiger charge is -2.17. The van der Waals surface area contributed by atoms with Crippen LogP contribution in [0.3, 0.4) is 0 Å². The predicted octanol–water partition coefficient (Wildman–Crippen LogP) is 4.53. The monoisotopic (exact) mass is 269 g/mol. The van der Waals surface area contributed by atoms with Gasteiger partial charge in [-0.1, -0.05) is 32.6 Å². The summed E-state index contributed by atoms with van der Waals surface area (Å²) in [6.45, 7) is 8.63. The van der Waals surface area contributed by atoms with E-state index in [0.717, 1.165) is 18.6 Å². The first-order valence-corrected chi connectivity index (χ1v) is 8.57. The lowest BCUT2D eigenvalue weighted by Crippen LogP contribution is -2.29. The van der Waals surface area contributed by atoms with E-state index in [1.807, 2.05) is 0 Å². The number of nitrogens with one attached hydrogen (secondary N) is 1. The quantitative estimate of drug-likeness (QED) is 0.490. The van der Waals surface area contributed by atoms with Crippen molar-refractivity contribution in [3.63, 3.8) is 0 Å². The van der Waals surface area contributed by atoms with Gasteiger partial charge in [0.2, 0.25) is 0 Å². The van der Waals surface area contributed by atoms with E-state index < -0.39 is 0 Å². The zero-order valence-electron chi connectivity index (χ0n) is 13.4. The van der Waals surface area contributed by atoms with E-state index in [0.29, 0.717) is 6.10 Å². The van der Waals surface area contributed by atoms with Crippen molar-refractivity contribution < 1.29 is 4.74 Å². The van der Waals surface area contributed by atoms with Crippen LogP contribution in [-0.2, 0) is 4.74 Å². The smallest absolute Gasteiger partial charge is 0.0518 e. The van der Waals surface area contributed by atoms with Crippen LogP contribution in [-0.4, -0.2) is 25.3 Å². The molecule has 0 radical (unpaired) electrons. The minimum absolute atomic E-state index is 0.380. The van der Waals surface area contributed by atoms with Crippen LogP contribution < -0.4 is 5.32 Å². The molecule has 1 rings (SSSR count). The van der Waals surface area contributed by atoms with Crippen LogP contribution in [0.2, 0.25) is 0 Å². The third-order valence-corrected chi connectivity index (χ3v) is 4.24. The molecule has 1 aliphatic carbocycles. The van der Waals surface area contributed by atoms with Crippen molar-refractivity contribution in [3.8, 4) is 0 Å². The summed E-state index contributed by atoms with van der Waals surface area (Å²) in [6, 6.07) is 0.785. The van der Waals surface area contributed by atoms with Crippen LogP contribution in [0, 0.1) is 5.92 Å². The minimum Gasteiger partial charge on any atom is -0.379 e. The Morgan fingerprint density at radius 3 is 2.68 bits per heavy atom. The standard InChI is InChI=1S/C17H35NO/c1-4-8-16-9-7-10-17(12-11-16)18-13-5-6-14-19-15(2)3/h15-18H,4-14H2,1-3H3. The van der Waals surface area contributed by atoms with E-state index in [1.54, 1.807) is 0 Å². The van der Waals surface area contributed by atoms with Crippen molar-refractivity contribution in [2.45, 2.75) is 90.7 Å². The van der Waals surface area contributed by atoms with Crippen LogP contribution in [0.5, 0.6) is 0 Å². The fraction of sp³-hybridized carbons (Fsp3) is 1.00. The molecule has 0 spiro atoms. The van der Waals surface area contributed by atoms with Crippen LogP contribution in [0.4, 0.5) is 0 Å². The first kappa shape index (κ1) is 17.0. The van der Waals surface area contributed by atoms with Crippen molar-refractivity contribution >= 4 is 0 Å². The fourth-order valence-corrected chi connectivity index (χ4v) is 3.13. The van der Waals surface area contributed by atoms with Gasteiger partial charge in [0.15, 0.2) is 0 Å². The topological polar surface area (TPSA) is 21.3 Å². The van der Waals surface area contributed by atoms with Gasteiger partial charge < -0.3 is 10.1 Å². The molecule has 1 fully saturated rings. The Morgan fingerprint density at radius 2 is 1.95 bits per heavy atom. The number of ether oxygens (including phenoxy) is 1. The molecule has 0 heterocycles. The number of rotatable bonds is 9. The van der Waals surface area contributed by atoms with E-state index in [2.05, 4.69) is 26.1 Å². The van der Waals surface area contributed by atoms with Gasteiger partial charge in [0.25, 0.3) is 0 Å². The van der Waals surface area contributed by atoms with Gasteiger partial charge in [0.1, 0.15) is 0 Å². The molecule has 2 unspecified atom stereocenters. The summed E-state index contributed by atoms with van der Waals surface area (Å²) in [4.78, 5) is 0. The summed E-state index contributed by atoms with van der Waals surface area (Å²) in [7, 11) is 0. The van der Waals surface area contributed by atoms with Gasteiger partial charge in [0, 0.05) is 12.6 Å². The third kappa shape index (κ3) is 8.65. The fourth-order valence-electron chi connectivity index (χ4n) is 3.13. The molecule has 0 aromatic rings. The van der Waals surface area contributed by atoms with Crippen molar-refractivity contribution in [1.29, 1.82) is 0 Å². The summed E-state index contributed by atoms with van der Waals surface area (Å²) in [5, 5.41) is 3.76. The Morgan fingerprint density at radius 1 is 1.11 bits per heavy atom. The summed E-state index contributed by atoms with van der Waals surface area (Å²) < 4.78 is 5.57. The molecule has 0 bridgehead atoms. The maximum atomic E-state index is 5.57. The molecule has 0 aromatic carbocycles. The summed E-state index contributed by atoms with van der Waals surface area (Å²) >= 11 is 0. The van der Waals surface area contributed by atoms with Crippen molar-refractivity contribution in [3.05, 3.63) is 0 Å². The van der Waals surface area contributed by atoms with Gasteiger partial charge in [-0.2, -0.15) is 0 Å². The van der Waals surface area contributed by atoms with Gasteiger partial charge in [0.05, 0.1) is 6.10 Å². The molecule has 0 saturated heterocycles. The molecule has 0 aliphatic heterocycles. The average Bonchev–Trinajstić information content (AvgIpc) is 2.59. The van der Waals surface area contributed by atoms with Gasteiger partial charge in [-0.05, 0) is 58.4 Å². The van der Waals surface area contributed by atoms with Crippen LogP contribution in [0.15, 0.2) is 0 Å². The highest BCUT2D eigenvalue weighted by molar-refractivity contribution is 4.74. The lowest BCUT2D eigenvalue weighted by molar-refractivity contribution is 0.0759. The molecule has 2 atom stereocenters. The second-order valence-electron chi connectivity index (χ2n) is 6.44. The van der Waals surface area contributed by atoms with Crippen molar-refractivity contribution in [2.24, 2.45) is 5.92 Å². The highest BCUT2D eigenvalue weighted by Gasteiger charge is 2.17. The van der Waals surface area contributed by atoms with E-state index in [4.69, 9.17) is 4.74 Å². The summed E-state index contributed by atoms with van der Waals surface area (Å²) in [6.07, 6.45) is 12.8. The molecule has 2 nitrogen and oxygen atoms in total. The molecular weight excluding hydrogens is 234 g/mol. The number of hydrogen-bond acceptors (Lipinski definition) is 2. The lowest BCUT2D eigenvalue weighted by atomic mass is 9.95. The van der Waals surface area contributed by atoms with Crippen LogP contribution >= 0.6 is 0 Å². The van der Waals surface area contributed by atoms with Crippen molar-refractivity contribution in [2.75, 3.05) is 13.2 Å². The Hall–Kier alpha value is -0.0800. The average molecular weight is 269 g/mol.